The number of carbonyl (C=O) groups is 1. The zero-order chi connectivity index (χ0) is 19.9. The predicted molar refractivity (Wildman–Crippen MR) is 107 cm³/mol. The van der Waals surface area contributed by atoms with Crippen molar-refractivity contribution in [3.63, 3.8) is 0 Å². The van der Waals surface area contributed by atoms with Gasteiger partial charge in [0.2, 0.25) is 17.7 Å². The van der Waals surface area contributed by atoms with Gasteiger partial charge in [0.25, 0.3) is 0 Å². The van der Waals surface area contributed by atoms with Crippen molar-refractivity contribution in [3.8, 4) is 11.5 Å². The minimum Gasteiger partial charge on any atom is -0.421 e. The summed E-state index contributed by atoms with van der Waals surface area (Å²) < 4.78 is 11.4. The van der Waals surface area contributed by atoms with Gasteiger partial charge in [0.05, 0.1) is 12.7 Å². The van der Waals surface area contributed by atoms with E-state index in [0.717, 1.165) is 31.8 Å². The molecule has 1 saturated heterocycles. The first kappa shape index (κ1) is 20.5. The maximum Gasteiger partial charge on any atom is 0.247 e. The van der Waals surface area contributed by atoms with Gasteiger partial charge in [-0.15, -0.1) is 10.2 Å². The van der Waals surface area contributed by atoms with Gasteiger partial charge in [-0.2, -0.15) is 0 Å². The number of rotatable bonds is 8. The van der Waals surface area contributed by atoms with E-state index in [2.05, 4.69) is 34.3 Å². The lowest BCUT2D eigenvalue weighted by Crippen LogP contribution is -2.48. The first-order valence-electron chi connectivity index (χ1n) is 9.99. The zero-order valence-corrected chi connectivity index (χ0v) is 17.0. The number of benzene rings is 1. The van der Waals surface area contributed by atoms with Gasteiger partial charge in [-0.1, -0.05) is 31.5 Å². The number of aryl methyl sites for hydroxylation is 2. The van der Waals surface area contributed by atoms with Crippen molar-refractivity contribution >= 4 is 5.91 Å². The van der Waals surface area contributed by atoms with Gasteiger partial charge in [0, 0.05) is 44.6 Å². The molecule has 0 radical (unpaired) electrons. The lowest BCUT2D eigenvalue weighted by Gasteiger charge is -2.33. The van der Waals surface area contributed by atoms with Crippen LogP contribution in [0.2, 0.25) is 0 Å². The first-order chi connectivity index (χ1) is 13.5. The summed E-state index contributed by atoms with van der Waals surface area (Å²) in [6, 6.07) is 7.91. The number of morpholine rings is 1. The molecule has 1 N–H and O–H groups in total. The van der Waals surface area contributed by atoms with Crippen LogP contribution in [0.3, 0.4) is 0 Å². The Morgan fingerprint density at radius 3 is 2.82 bits per heavy atom. The molecule has 1 unspecified atom stereocenters. The van der Waals surface area contributed by atoms with Crippen LogP contribution in [0, 0.1) is 12.8 Å². The molecule has 1 aliphatic rings. The summed E-state index contributed by atoms with van der Waals surface area (Å²) in [7, 11) is 0. The fraction of sp³-hybridized carbons (Fsp3) is 0.571. The number of amides is 1. The van der Waals surface area contributed by atoms with Gasteiger partial charge < -0.3 is 14.5 Å². The maximum atomic E-state index is 12.2. The minimum absolute atomic E-state index is 0.0281. The zero-order valence-electron chi connectivity index (χ0n) is 17.0. The minimum atomic E-state index is -0.0281. The average Bonchev–Trinajstić information content (AvgIpc) is 3.14. The summed E-state index contributed by atoms with van der Waals surface area (Å²) in [6.45, 7) is 10.6. The lowest BCUT2D eigenvalue weighted by atomic mass is 10.1. The number of nitrogens with zero attached hydrogens (tertiary/aromatic N) is 3. The molecule has 1 aromatic heterocycles. The molecule has 7 heteroatoms. The van der Waals surface area contributed by atoms with Crippen molar-refractivity contribution in [2.24, 2.45) is 5.92 Å². The molecule has 1 fully saturated rings. The predicted octanol–water partition coefficient (Wildman–Crippen LogP) is 2.45. The third kappa shape index (κ3) is 6.14. The van der Waals surface area contributed by atoms with E-state index in [1.54, 1.807) is 0 Å². The van der Waals surface area contributed by atoms with E-state index < -0.39 is 0 Å². The summed E-state index contributed by atoms with van der Waals surface area (Å²) in [6.07, 6.45) is 0.793. The van der Waals surface area contributed by atoms with Gasteiger partial charge in [0.15, 0.2) is 0 Å². The van der Waals surface area contributed by atoms with Crippen molar-refractivity contribution in [3.05, 3.63) is 35.7 Å². The standard InChI is InChI=1S/C21H30N4O3/c1-15(2)13-25-10-11-27-18(14-25)12-22-19(26)8-9-20-23-24-21(28-20)17-6-4-16(3)5-7-17/h4-7,15,18H,8-14H2,1-3H3,(H,22,26). The van der Waals surface area contributed by atoms with E-state index in [9.17, 15) is 4.79 Å². The Bertz CT molecular complexity index is 757. The van der Waals surface area contributed by atoms with E-state index in [1.807, 2.05) is 31.2 Å². The van der Waals surface area contributed by atoms with Crippen molar-refractivity contribution in [2.45, 2.75) is 39.7 Å². The van der Waals surface area contributed by atoms with Crippen molar-refractivity contribution in [1.82, 2.24) is 20.4 Å². The molecule has 2 heterocycles. The van der Waals surface area contributed by atoms with Crippen LogP contribution in [-0.2, 0) is 16.0 Å². The molecular weight excluding hydrogens is 356 g/mol. The SMILES string of the molecule is Cc1ccc(-c2nnc(CCC(=O)NCC3CN(CC(C)C)CCO3)o2)cc1. The second kappa shape index (κ2) is 9.80. The fourth-order valence-corrected chi connectivity index (χ4v) is 3.29. The Balaban J connectivity index is 1.40. The van der Waals surface area contributed by atoms with Crippen molar-refractivity contribution in [2.75, 3.05) is 32.8 Å². The summed E-state index contributed by atoms with van der Waals surface area (Å²) in [5.41, 5.74) is 2.06. The molecule has 1 aromatic carbocycles. The average molecular weight is 386 g/mol. The Kier molecular flexibility index (Phi) is 7.17. The number of hydrogen-bond acceptors (Lipinski definition) is 6. The summed E-state index contributed by atoms with van der Waals surface area (Å²) >= 11 is 0. The van der Waals surface area contributed by atoms with Gasteiger partial charge in [-0.25, -0.2) is 0 Å². The van der Waals surface area contributed by atoms with Crippen molar-refractivity contribution < 1.29 is 13.9 Å². The molecular formula is C21H30N4O3. The smallest absolute Gasteiger partial charge is 0.247 e. The molecule has 7 nitrogen and oxygen atoms in total. The fourth-order valence-electron chi connectivity index (χ4n) is 3.29. The highest BCUT2D eigenvalue weighted by Gasteiger charge is 2.21. The summed E-state index contributed by atoms with van der Waals surface area (Å²) in [5.74, 6) is 1.56. The van der Waals surface area contributed by atoms with Gasteiger partial charge in [-0.3, -0.25) is 9.69 Å². The highest BCUT2D eigenvalue weighted by Crippen LogP contribution is 2.18. The molecule has 3 rings (SSSR count). The Morgan fingerprint density at radius 2 is 2.07 bits per heavy atom. The summed E-state index contributed by atoms with van der Waals surface area (Å²) in [5, 5.41) is 11.1. The molecule has 0 bridgehead atoms. The van der Waals surface area contributed by atoms with Crippen LogP contribution in [-0.4, -0.2) is 59.9 Å². The number of nitrogens with one attached hydrogen (secondary N) is 1. The van der Waals surface area contributed by atoms with Gasteiger partial charge in [-0.05, 0) is 25.0 Å². The third-order valence-corrected chi connectivity index (χ3v) is 4.70. The molecule has 28 heavy (non-hydrogen) atoms. The quantitative estimate of drug-likeness (QED) is 0.751. The summed E-state index contributed by atoms with van der Waals surface area (Å²) in [4.78, 5) is 14.6. The molecule has 152 valence electrons. The van der Waals surface area contributed by atoms with Crippen LogP contribution in [0.4, 0.5) is 0 Å². The van der Waals surface area contributed by atoms with Crippen LogP contribution in [0.1, 0.15) is 31.7 Å². The molecule has 0 saturated carbocycles. The second-order valence-corrected chi connectivity index (χ2v) is 7.82. The van der Waals surface area contributed by atoms with Crippen molar-refractivity contribution in [1.29, 1.82) is 0 Å². The van der Waals surface area contributed by atoms with E-state index in [0.29, 0.717) is 37.1 Å². The topological polar surface area (TPSA) is 80.5 Å². The van der Waals surface area contributed by atoms with Gasteiger partial charge in [0.1, 0.15) is 0 Å². The van der Waals surface area contributed by atoms with E-state index in [1.165, 1.54) is 5.56 Å². The van der Waals surface area contributed by atoms with E-state index in [-0.39, 0.29) is 12.0 Å². The highest BCUT2D eigenvalue weighted by atomic mass is 16.5. The monoisotopic (exact) mass is 386 g/mol. The largest absolute Gasteiger partial charge is 0.421 e. The number of aromatic nitrogens is 2. The van der Waals surface area contributed by atoms with Crippen LogP contribution < -0.4 is 5.32 Å². The molecule has 2 aromatic rings. The second-order valence-electron chi connectivity index (χ2n) is 7.82. The van der Waals surface area contributed by atoms with E-state index in [4.69, 9.17) is 9.15 Å². The molecule has 0 spiro atoms. The number of hydrogen-bond donors (Lipinski definition) is 1. The maximum absolute atomic E-state index is 12.2. The molecule has 1 atom stereocenters. The van der Waals surface area contributed by atoms with Crippen LogP contribution in [0.15, 0.2) is 28.7 Å². The number of carbonyl (C=O) groups excluding carboxylic acids is 1. The van der Waals surface area contributed by atoms with Crippen LogP contribution >= 0.6 is 0 Å². The third-order valence-electron chi connectivity index (χ3n) is 4.70. The molecule has 0 aliphatic carbocycles. The van der Waals surface area contributed by atoms with Crippen LogP contribution in [0.5, 0.6) is 0 Å². The van der Waals surface area contributed by atoms with Crippen LogP contribution in [0.25, 0.3) is 11.5 Å². The first-order valence-corrected chi connectivity index (χ1v) is 9.99. The highest BCUT2D eigenvalue weighted by molar-refractivity contribution is 5.76. The van der Waals surface area contributed by atoms with E-state index >= 15 is 0 Å². The Morgan fingerprint density at radius 1 is 1.29 bits per heavy atom. The Labute approximate surface area is 166 Å². The van der Waals surface area contributed by atoms with Gasteiger partial charge >= 0.3 is 0 Å². The lowest BCUT2D eigenvalue weighted by molar-refractivity contribution is -0.122. The molecule has 1 aliphatic heterocycles. The number of ether oxygens (including phenoxy) is 1. The normalized spacial score (nSPS) is 17.8. The Hall–Kier alpha value is -2.25. The molecule has 1 amide bonds.